The van der Waals surface area contributed by atoms with Gasteiger partial charge in [-0.1, -0.05) is 24.3 Å². The van der Waals surface area contributed by atoms with Gasteiger partial charge in [-0.2, -0.15) is 5.10 Å². The molecule has 3 rings (SSSR count). The zero-order valence-corrected chi connectivity index (χ0v) is 16.5. The third-order valence-corrected chi connectivity index (χ3v) is 4.53. The van der Waals surface area contributed by atoms with Crippen LogP contribution in [0, 0.1) is 19.7 Å². The molecule has 0 aliphatic heterocycles. The Morgan fingerprint density at radius 1 is 1.14 bits per heavy atom. The third kappa shape index (κ3) is 4.87. The summed E-state index contributed by atoms with van der Waals surface area (Å²) in [5.41, 5.74) is 3.52. The van der Waals surface area contributed by atoms with Crippen LogP contribution >= 0.6 is 0 Å². The van der Waals surface area contributed by atoms with Crippen LogP contribution in [0.2, 0.25) is 0 Å². The minimum Gasteiger partial charge on any atom is -0.452 e. The van der Waals surface area contributed by atoms with Crippen LogP contribution in [0.1, 0.15) is 23.9 Å². The Morgan fingerprint density at radius 2 is 1.86 bits per heavy atom. The fourth-order valence-electron chi connectivity index (χ4n) is 3.00. The zero-order chi connectivity index (χ0) is 21.0. The van der Waals surface area contributed by atoms with Crippen molar-refractivity contribution in [3.8, 4) is 5.69 Å². The van der Waals surface area contributed by atoms with E-state index in [2.05, 4.69) is 10.4 Å². The molecule has 1 amide bonds. The van der Waals surface area contributed by atoms with Crippen molar-refractivity contribution in [1.82, 2.24) is 9.78 Å². The second-order valence-electron chi connectivity index (χ2n) is 6.71. The van der Waals surface area contributed by atoms with Crippen LogP contribution in [0.25, 0.3) is 5.69 Å². The summed E-state index contributed by atoms with van der Waals surface area (Å²) in [6, 6.07) is 15.1. The molecule has 1 aromatic heterocycles. The number of carbonyl (C=O) groups excluding carboxylic acids is 2. The third-order valence-electron chi connectivity index (χ3n) is 4.53. The number of amides is 1. The fourth-order valence-corrected chi connectivity index (χ4v) is 3.00. The number of nitrogens with one attached hydrogen (secondary N) is 1. The van der Waals surface area contributed by atoms with Crippen molar-refractivity contribution < 1.29 is 18.7 Å². The smallest absolute Gasteiger partial charge is 0.311 e. The summed E-state index contributed by atoms with van der Waals surface area (Å²) in [5.74, 6) is -1.53. The Morgan fingerprint density at radius 3 is 2.55 bits per heavy atom. The van der Waals surface area contributed by atoms with Gasteiger partial charge in [0.1, 0.15) is 5.82 Å². The Labute approximate surface area is 168 Å². The highest BCUT2D eigenvalue weighted by Gasteiger charge is 2.21. The van der Waals surface area contributed by atoms with Crippen molar-refractivity contribution in [2.75, 3.05) is 5.32 Å². The van der Waals surface area contributed by atoms with E-state index in [1.807, 2.05) is 44.2 Å². The molecule has 29 heavy (non-hydrogen) atoms. The van der Waals surface area contributed by atoms with Crippen molar-refractivity contribution in [1.29, 1.82) is 0 Å². The minimum atomic E-state index is -1.02. The SMILES string of the molecule is Cc1nn(-c2ccccc2)c(C)c1CC(=O)OC(C)C(=O)Nc1cccc(F)c1. The summed E-state index contributed by atoms with van der Waals surface area (Å²) in [6.07, 6.45) is -1.02. The Bertz CT molecular complexity index is 1030. The van der Waals surface area contributed by atoms with Crippen LogP contribution < -0.4 is 5.32 Å². The van der Waals surface area contributed by atoms with E-state index in [9.17, 15) is 14.0 Å². The number of para-hydroxylation sites is 1. The molecule has 0 saturated heterocycles. The van der Waals surface area contributed by atoms with E-state index in [0.29, 0.717) is 5.69 Å². The maximum absolute atomic E-state index is 13.2. The van der Waals surface area contributed by atoms with E-state index in [1.165, 1.54) is 25.1 Å². The summed E-state index contributed by atoms with van der Waals surface area (Å²) in [4.78, 5) is 24.6. The van der Waals surface area contributed by atoms with E-state index in [1.54, 1.807) is 10.7 Å². The number of aromatic nitrogens is 2. The Kier molecular flexibility index (Phi) is 6.07. The first-order valence-corrected chi connectivity index (χ1v) is 9.21. The molecular formula is C22H22FN3O3. The average molecular weight is 395 g/mol. The van der Waals surface area contributed by atoms with Gasteiger partial charge in [-0.25, -0.2) is 9.07 Å². The van der Waals surface area contributed by atoms with Gasteiger partial charge in [0.2, 0.25) is 0 Å². The van der Waals surface area contributed by atoms with E-state index < -0.39 is 23.8 Å². The van der Waals surface area contributed by atoms with Crippen LogP contribution in [0.5, 0.6) is 0 Å². The number of esters is 1. The van der Waals surface area contributed by atoms with Gasteiger partial charge in [0, 0.05) is 16.9 Å². The minimum absolute atomic E-state index is 0.00207. The molecule has 0 spiro atoms. The molecule has 0 aliphatic rings. The summed E-state index contributed by atoms with van der Waals surface area (Å²) in [6.45, 7) is 5.18. The lowest BCUT2D eigenvalue weighted by atomic mass is 10.1. The van der Waals surface area contributed by atoms with E-state index in [0.717, 1.165) is 22.6 Å². The Hall–Kier alpha value is -3.48. The summed E-state index contributed by atoms with van der Waals surface area (Å²) < 4.78 is 20.3. The number of carbonyl (C=O) groups is 2. The molecule has 1 heterocycles. The number of aryl methyl sites for hydroxylation is 1. The maximum atomic E-state index is 13.2. The van der Waals surface area contributed by atoms with Crippen LogP contribution in [-0.2, 0) is 20.7 Å². The number of nitrogens with zero attached hydrogens (tertiary/aromatic N) is 2. The van der Waals surface area contributed by atoms with E-state index in [4.69, 9.17) is 4.74 Å². The summed E-state index contributed by atoms with van der Waals surface area (Å²) in [7, 11) is 0. The highest BCUT2D eigenvalue weighted by molar-refractivity contribution is 5.95. The second kappa shape index (κ2) is 8.68. The maximum Gasteiger partial charge on any atom is 0.311 e. The quantitative estimate of drug-likeness (QED) is 0.646. The number of halogens is 1. The van der Waals surface area contributed by atoms with Gasteiger partial charge in [-0.3, -0.25) is 9.59 Å². The predicted octanol–water partition coefficient (Wildman–Crippen LogP) is 3.74. The van der Waals surface area contributed by atoms with Gasteiger partial charge in [-0.05, 0) is 51.1 Å². The van der Waals surface area contributed by atoms with Crippen LogP contribution in [-0.4, -0.2) is 27.8 Å². The first-order valence-electron chi connectivity index (χ1n) is 9.21. The van der Waals surface area contributed by atoms with E-state index >= 15 is 0 Å². The first-order chi connectivity index (χ1) is 13.8. The normalized spacial score (nSPS) is 11.7. The van der Waals surface area contributed by atoms with Crippen molar-refractivity contribution in [3.63, 3.8) is 0 Å². The predicted molar refractivity (Wildman–Crippen MR) is 107 cm³/mol. The largest absolute Gasteiger partial charge is 0.452 e. The van der Waals surface area contributed by atoms with Gasteiger partial charge < -0.3 is 10.1 Å². The highest BCUT2D eigenvalue weighted by atomic mass is 19.1. The van der Waals surface area contributed by atoms with Crippen LogP contribution in [0.4, 0.5) is 10.1 Å². The molecule has 1 atom stereocenters. The van der Waals surface area contributed by atoms with Crippen molar-refractivity contribution in [2.24, 2.45) is 0 Å². The number of ether oxygens (including phenoxy) is 1. The average Bonchev–Trinajstić information content (AvgIpc) is 2.97. The molecule has 6 nitrogen and oxygen atoms in total. The monoisotopic (exact) mass is 395 g/mol. The van der Waals surface area contributed by atoms with Crippen molar-refractivity contribution in [2.45, 2.75) is 33.3 Å². The molecule has 1 N–H and O–H groups in total. The van der Waals surface area contributed by atoms with Crippen LogP contribution in [0.3, 0.4) is 0 Å². The van der Waals surface area contributed by atoms with Gasteiger partial charge in [0.15, 0.2) is 6.10 Å². The number of hydrogen-bond acceptors (Lipinski definition) is 4. The highest BCUT2D eigenvalue weighted by Crippen LogP contribution is 2.19. The van der Waals surface area contributed by atoms with Gasteiger partial charge in [-0.15, -0.1) is 0 Å². The topological polar surface area (TPSA) is 73.2 Å². The number of hydrogen-bond donors (Lipinski definition) is 1. The molecule has 150 valence electrons. The number of anilines is 1. The molecule has 2 aromatic carbocycles. The molecule has 3 aromatic rings. The molecule has 0 radical (unpaired) electrons. The molecule has 7 heteroatoms. The second-order valence-corrected chi connectivity index (χ2v) is 6.71. The lowest BCUT2D eigenvalue weighted by Gasteiger charge is -2.14. The lowest BCUT2D eigenvalue weighted by molar-refractivity contribution is -0.152. The fraction of sp³-hybridized carbons (Fsp3) is 0.227. The zero-order valence-electron chi connectivity index (χ0n) is 16.5. The molecule has 0 fully saturated rings. The molecule has 0 bridgehead atoms. The van der Waals surface area contributed by atoms with Gasteiger partial charge in [0.25, 0.3) is 5.91 Å². The molecule has 0 saturated carbocycles. The van der Waals surface area contributed by atoms with Gasteiger partial charge >= 0.3 is 5.97 Å². The van der Waals surface area contributed by atoms with Gasteiger partial charge in [0.05, 0.1) is 17.8 Å². The van der Waals surface area contributed by atoms with Crippen molar-refractivity contribution >= 4 is 17.6 Å². The Balaban J connectivity index is 1.64. The standard InChI is InChI=1S/C22H22FN3O3/c1-14-20(15(2)26(25-14)19-10-5-4-6-11-19)13-21(27)29-16(3)22(28)24-18-9-7-8-17(23)12-18/h4-12,16H,13H2,1-3H3,(H,24,28). The lowest BCUT2D eigenvalue weighted by Crippen LogP contribution is -2.30. The number of rotatable bonds is 6. The first kappa shape index (κ1) is 20.3. The van der Waals surface area contributed by atoms with Crippen LogP contribution in [0.15, 0.2) is 54.6 Å². The molecule has 1 unspecified atom stereocenters. The summed E-state index contributed by atoms with van der Waals surface area (Å²) in [5, 5.41) is 7.03. The summed E-state index contributed by atoms with van der Waals surface area (Å²) >= 11 is 0. The van der Waals surface area contributed by atoms with Crippen molar-refractivity contribution in [3.05, 3.63) is 77.4 Å². The molecular weight excluding hydrogens is 373 g/mol. The number of benzene rings is 2. The van der Waals surface area contributed by atoms with E-state index in [-0.39, 0.29) is 6.42 Å². The molecule has 0 aliphatic carbocycles.